The van der Waals surface area contributed by atoms with Gasteiger partial charge in [0.15, 0.2) is 5.78 Å². The summed E-state index contributed by atoms with van der Waals surface area (Å²) in [6.07, 6.45) is 0. The second-order valence-electron chi connectivity index (χ2n) is 4.58. The predicted octanol–water partition coefficient (Wildman–Crippen LogP) is 3.60. The van der Waals surface area contributed by atoms with Crippen LogP contribution in [0.15, 0.2) is 48.5 Å². The summed E-state index contributed by atoms with van der Waals surface area (Å²) in [5.74, 6) is 1.35. The van der Waals surface area contributed by atoms with Crippen molar-refractivity contribution in [1.29, 1.82) is 0 Å². The molecule has 0 fully saturated rings. The van der Waals surface area contributed by atoms with E-state index in [9.17, 15) is 4.79 Å². The van der Waals surface area contributed by atoms with E-state index in [-0.39, 0.29) is 10.6 Å². The molecule has 1 aliphatic rings. The van der Waals surface area contributed by atoms with Gasteiger partial charge in [0, 0.05) is 6.07 Å². The Hall–Kier alpha value is -1.81. The Bertz CT molecular complexity index is 625. The summed E-state index contributed by atoms with van der Waals surface area (Å²) in [5.41, 5.74) is 1.70. The van der Waals surface area contributed by atoms with E-state index in [2.05, 4.69) is 15.9 Å². The van der Waals surface area contributed by atoms with Crippen molar-refractivity contribution < 1.29 is 14.3 Å². The summed E-state index contributed by atoms with van der Waals surface area (Å²) in [4.78, 5) is 11.7. The molecule has 3 rings (SSSR count). The van der Waals surface area contributed by atoms with Crippen LogP contribution in [0.4, 0.5) is 0 Å². The Morgan fingerprint density at radius 3 is 2.80 bits per heavy atom. The van der Waals surface area contributed by atoms with E-state index in [4.69, 9.17) is 9.47 Å². The van der Waals surface area contributed by atoms with Gasteiger partial charge in [0.05, 0.1) is 5.56 Å². The highest BCUT2D eigenvalue weighted by Crippen LogP contribution is 2.31. The van der Waals surface area contributed by atoms with Crippen LogP contribution in [-0.4, -0.2) is 17.2 Å². The van der Waals surface area contributed by atoms with Crippen LogP contribution in [0.25, 0.3) is 0 Å². The smallest absolute Gasteiger partial charge is 0.183 e. The molecule has 102 valence electrons. The maximum absolute atomic E-state index is 11.9. The molecule has 3 nitrogen and oxygen atoms in total. The highest BCUT2D eigenvalue weighted by Gasteiger charge is 2.26. The Kier molecular flexibility index (Phi) is 3.74. The molecule has 0 radical (unpaired) electrons. The van der Waals surface area contributed by atoms with Crippen molar-refractivity contribution >= 4 is 21.7 Å². The summed E-state index contributed by atoms with van der Waals surface area (Å²) in [6.45, 7) is 0.850. The monoisotopic (exact) mass is 332 g/mol. The van der Waals surface area contributed by atoms with E-state index in [0.717, 1.165) is 5.56 Å². The molecule has 20 heavy (non-hydrogen) atoms. The van der Waals surface area contributed by atoms with Gasteiger partial charge in [-0.3, -0.25) is 4.79 Å². The Labute approximate surface area is 125 Å². The van der Waals surface area contributed by atoms with Gasteiger partial charge in [-0.1, -0.05) is 46.3 Å². The number of hydrogen-bond donors (Lipinski definition) is 0. The van der Waals surface area contributed by atoms with E-state index in [1.807, 2.05) is 30.3 Å². The number of benzene rings is 2. The van der Waals surface area contributed by atoms with Crippen molar-refractivity contribution in [1.82, 2.24) is 0 Å². The first kappa shape index (κ1) is 13.2. The van der Waals surface area contributed by atoms with E-state index in [0.29, 0.717) is 30.3 Å². The number of ether oxygens (including phenoxy) is 2. The second-order valence-corrected chi connectivity index (χ2v) is 5.68. The van der Waals surface area contributed by atoms with Crippen molar-refractivity contribution in [3.63, 3.8) is 0 Å². The highest BCUT2D eigenvalue weighted by molar-refractivity contribution is 9.10. The van der Waals surface area contributed by atoms with Crippen molar-refractivity contribution in [2.24, 2.45) is 0 Å². The number of ketones is 1. The summed E-state index contributed by atoms with van der Waals surface area (Å²) in [7, 11) is 0. The van der Waals surface area contributed by atoms with Crippen molar-refractivity contribution in [3.05, 3.63) is 59.7 Å². The molecular weight excluding hydrogens is 320 g/mol. The van der Waals surface area contributed by atoms with Crippen LogP contribution in [0.3, 0.4) is 0 Å². The lowest BCUT2D eigenvalue weighted by Gasteiger charge is -2.20. The first-order valence-electron chi connectivity index (χ1n) is 6.36. The second kappa shape index (κ2) is 5.67. The molecule has 0 bridgehead atoms. The van der Waals surface area contributed by atoms with Gasteiger partial charge in [-0.2, -0.15) is 0 Å². The molecule has 0 aromatic heterocycles. The van der Waals surface area contributed by atoms with Crippen LogP contribution in [0.1, 0.15) is 15.9 Å². The van der Waals surface area contributed by atoms with Crippen LogP contribution in [0, 0.1) is 0 Å². The summed E-state index contributed by atoms with van der Waals surface area (Å²) in [5, 5.41) is 0. The van der Waals surface area contributed by atoms with Crippen LogP contribution >= 0.6 is 15.9 Å². The Morgan fingerprint density at radius 2 is 2.00 bits per heavy atom. The minimum atomic E-state index is -0.258. The molecule has 0 N–H and O–H groups in total. The third kappa shape index (κ3) is 2.70. The van der Waals surface area contributed by atoms with Crippen LogP contribution < -0.4 is 9.47 Å². The number of fused-ring (bicyclic) bond motifs is 1. The number of hydrogen-bond acceptors (Lipinski definition) is 3. The molecule has 2 aromatic carbocycles. The van der Waals surface area contributed by atoms with Crippen molar-refractivity contribution in [2.75, 3.05) is 6.61 Å². The van der Waals surface area contributed by atoms with E-state index in [1.165, 1.54) is 0 Å². The molecule has 1 aliphatic heterocycles. The average Bonchev–Trinajstić information content (AvgIpc) is 2.50. The fourth-order valence-corrected chi connectivity index (χ4v) is 2.44. The molecule has 2 aromatic rings. The lowest BCUT2D eigenvalue weighted by atomic mass is 10.0. The average molecular weight is 333 g/mol. The quantitative estimate of drug-likeness (QED) is 0.805. The molecule has 0 spiro atoms. The molecule has 0 saturated heterocycles. The highest BCUT2D eigenvalue weighted by atomic mass is 79.9. The Morgan fingerprint density at radius 1 is 1.20 bits per heavy atom. The summed E-state index contributed by atoms with van der Waals surface area (Å²) in [6, 6.07) is 15.3. The van der Waals surface area contributed by atoms with Crippen LogP contribution in [0.5, 0.6) is 11.5 Å². The van der Waals surface area contributed by atoms with E-state index >= 15 is 0 Å². The van der Waals surface area contributed by atoms with Gasteiger partial charge >= 0.3 is 0 Å². The van der Waals surface area contributed by atoms with Gasteiger partial charge < -0.3 is 9.47 Å². The molecule has 0 aliphatic carbocycles. The van der Waals surface area contributed by atoms with E-state index in [1.54, 1.807) is 18.2 Å². The minimum Gasteiger partial charge on any atom is -0.491 e. The number of halogens is 1. The lowest BCUT2D eigenvalue weighted by Crippen LogP contribution is -2.27. The number of carbonyl (C=O) groups excluding carboxylic acids is 1. The normalized spacial score (nSPS) is 17.2. The first-order valence-corrected chi connectivity index (χ1v) is 7.27. The number of alkyl halides is 1. The molecule has 1 atom stereocenters. The zero-order valence-electron chi connectivity index (χ0n) is 10.7. The van der Waals surface area contributed by atoms with Gasteiger partial charge in [0.25, 0.3) is 0 Å². The van der Waals surface area contributed by atoms with Gasteiger partial charge in [-0.05, 0) is 17.7 Å². The molecular formula is C16H13BrO3. The maximum Gasteiger partial charge on any atom is 0.183 e. The third-order valence-corrected chi connectivity index (χ3v) is 3.82. The zero-order chi connectivity index (χ0) is 13.9. The van der Waals surface area contributed by atoms with Crippen LogP contribution in [-0.2, 0) is 6.61 Å². The molecule has 1 unspecified atom stereocenters. The van der Waals surface area contributed by atoms with E-state index < -0.39 is 0 Å². The first-order chi connectivity index (χ1) is 9.74. The molecule has 1 heterocycles. The largest absolute Gasteiger partial charge is 0.491 e. The molecule has 0 amide bonds. The maximum atomic E-state index is 11.9. The van der Waals surface area contributed by atoms with Gasteiger partial charge in [-0.15, -0.1) is 0 Å². The number of rotatable bonds is 3. The number of Topliss-reactive ketones (excluding diaryl/α,β-unsaturated/α-hetero) is 1. The molecule has 0 saturated carbocycles. The van der Waals surface area contributed by atoms with Gasteiger partial charge in [-0.25, -0.2) is 0 Å². The zero-order valence-corrected chi connectivity index (χ0v) is 12.3. The SMILES string of the molecule is O=C1c2ccc(OCc3ccccc3)cc2OCC1Br. The third-order valence-electron chi connectivity index (χ3n) is 3.14. The Balaban J connectivity index is 1.75. The van der Waals surface area contributed by atoms with Crippen molar-refractivity contribution in [3.8, 4) is 11.5 Å². The summed E-state index contributed by atoms with van der Waals surface area (Å²) < 4.78 is 11.3. The van der Waals surface area contributed by atoms with Gasteiger partial charge in [0.1, 0.15) is 29.5 Å². The fourth-order valence-electron chi connectivity index (χ4n) is 2.06. The predicted molar refractivity (Wildman–Crippen MR) is 79.8 cm³/mol. The minimum absolute atomic E-state index is 0.0564. The summed E-state index contributed by atoms with van der Waals surface area (Å²) >= 11 is 3.30. The topological polar surface area (TPSA) is 35.5 Å². The lowest BCUT2D eigenvalue weighted by molar-refractivity contribution is 0.0946. The fraction of sp³-hybridized carbons (Fsp3) is 0.188. The molecule has 4 heteroatoms. The standard InChI is InChI=1S/C16H13BrO3/c17-14-10-20-15-8-12(6-7-13(15)16(14)18)19-9-11-4-2-1-3-5-11/h1-8,14H,9-10H2. The number of carbonyl (C=O) groups is 1. The van der Waals surface area contributed by atoms with Gasteiger partial charge in [0.2, 0.25) is 0 Å². The van der Waals surface area contributed by atoms with Crippen molar-refractivity contribution in [2.45, 2.75) is 11.4 Å². The van der Waals surface area contributed by atoms with Crippen LogP contribution in [0.2, 0.25) is 0 Å².